The monoisotopic (exact) mass is 580 g/mol. The molecule has 8 heteroatoms. The maximum Gasteiger partial charge on any atom is 0.303 e. The second kappa shape index (κ2) is 11.7. The molecule has 0 atom stereocenters. The van der Waals surface area contributed by atoms with Crippen LogP contribution in [-0.4, -0.2) is 41.7 Å². The molecule has 8 bridgehead atoms. The van der Waals surface area contributed by atoms with E-state index >= 15 is 0 Å². The van der Waals surface area contributed by atoms with Crippen LogP contribution in [0.3, 0.4) is 0 Å². The van der Waals surface area contributed by atoms with Gasteiger partial charge in [0.15, 0.2) is 0 Å². The van der Waals surface area contributed by atoms with E-state index < -0.39 is 11.9 Å². The summed E-state index contributed by atoms with van der Waals surface area (Å²) < 4.78 is 2.11. The fourth-order valence-corrected chi connectivity index (χ4v) is 6.57. The van der Waals surface area contributed by atoms with E-state index in [-0.39, 0.29) is 12.8 Å². The van der Waals surface area contributed by atoms with Gasteiger partial charge in [0.2, 0.25) is 0 Å². The Kier molecular flexibility index (Phi) is 8.14. The van der Waals surface area contributed by atoms with Crippen LogP contribution in [-0.2, 0) is 29.5 Å². The van der Waals surface area contributed by atoms with Crippen molar-refractivity contribution in [3.63, 3.8) is 0 Å². The maximum atomic E-state index is 11.6. The molecular formula is C35H40N4O4. The molecule has 2 aliphatic heterocycles. The molecule has 3 N–H and O–H groups in total. The molecule has 0 aromatic carbocycles. The van der Waals surface area contributed by atoms with Crippen LogP contribution in [0.2, 0.25) is 0 Å². The van der Waals surface area contributed by atoms with E-state index in [1.54, 1.807) is 0 Å². The molecule has 2 aliphatic rings. The molecule has 0 aliphatic carbocycles. The summed E-state index contributed by atoms with van der Waals surface area (Å²) in [4.78, 5) is 37.0. The van der Waals surface area contributed by atoms with Crippen molar-refractivity contribution < 1.29 is 19.8 Å². The van der Waals surface area contributed by atoms with E-state index in [1.807, 2.05) is 33.0 Å². The van der Waals surface area contributed by atoms with Crippen LogP contribution in [0.25, 0.3) is 44.4 Å². The van der Waals surface area contributed by atoms with E-state index in [9.17, 15) is 19.8 Å². The van der Waals surface area contributed by atoms with Gasteiger partial charge in [-0.15, -0.1) is 0 Å². The average Bonchev–Trinajstić information content (AvgIpc) is 3.59. The molecule has 8 nitrogen and oxygen atoms in total. The summed E-state index contributed by atoms with van der Waals surface area (Å²) in [6.07, 6.45) is 2.42. The van der Waals surface area contributed by atoms with Gasteiger partial charge in [0, 0.05) is 42.0 Å². The van der Waals surface area contributed by atoms with Gasteiger partial charge in [0.1, 0.15) is 0 Å². The number of aryl methyl sites for hydroxylation is 5. The number of carbonyl (C=O) groups is 2. The van der Waals surface area contributed by atoms with E-state index in [0.29, 0.717) is 18.5 Å². The molecule has 224 valence electrons. The summed E-state index contributed by atoms with van der Waals surface area (Å²) in [6.45, 7) is 12.6. The number of hydrogen-bond donors (Lipinski definition) is 3. The van der Waals surface area contributed by atoms with Crippen LogP contribution in [0, 0.1) is 13.8 Å². The first-order valence-electron chi connectivity index (χ1n) is 15.0. The van der Waals surface area contributed by atoms with Gasteiger partial charge in [-0.05, 0) is 122 Å². The molecule has 0 saturated carbocycles. The SMILES string of the molecule is CCC1=C(C)c2cc3nc(cc4c(CCC(=O)O)c(C)c(cc5[nH]c(cc1n2)c(C)c5CC)n4C)C(CCC(=O)O)=C3C. The van der Waals surface area contributed by atoms with Gasteiger partial charge in [-0.1, -0.05) is 13.8 Å². The topological polar surface area (TPSA) is 121 Å². The van der Waals surface area contributed by atoms with Crippen LogP contribution in [0.5, 0.6) is 0 Å². The summed E-state index contributed by atoms with van der Waals surface area (Å²) in [5.41, 5.74) is 15.7. The molecule has 43 heavy (non-hydrogen) atoms. The number of allylic oxidation sites excluding steroid dienone is 4. The zero-order chi connectivity index (χ0) is 31.2. The first-order valence-corrected chi connectivity index (χ1v) is 15.0. The Bertz CT molecular complexity index is 1900. The highest BCUT2D eigenvalue weighted by Gasteiger charge is 2.22. The molecule has 5 heterocycles. The molecule has 0 amide bonds. The van der Waals surface area contributed by atoms with Crippen LogP contribution in [0.1, 0.15) is 98.4 Å². The number of H-pyrrole nitrogens is 1. The Morgan fingerprint density at radius 1 is 0.698 bits per heavy atom. The number of aliphatic carboxylic acids is 2. The maximum absolute atomic E-state index is 11.6. The minimum atomic E-state index is -0.863. The van der Waals surface area contributed by atoms with E-state index in [1.165, 1.54) is 16.7 Å². The summed E-state index contributed by atoms with van der Waals surface area (Å²) in [5.74, 6) is -1.71. The Hall–Kier alpha value is -4.46. The van der Waals surface area contributed by atoms with Crippen LogP contribution < -0.4 is 0 Å². The quantitative estimate of drug-likeness (QED) is 0.252. The van der Waals surface area contributed by atoms with Crippen LogP contribution in [0.4, 0.5) is 0 Å². The number of carboxylic acid groups (broad SMARTS) is 2. The lowest BCUT2D eigenvalue weighted by atomic mass is 9.99. The van der Waals surface area contributed by atoms with E-state index in [0.717, 1.165) is 79.8 Å². The highest BCUT2D eigenvalue weighted by Crippen LogP contribution is 2.37. The van der Waals surface area contributed by atoms with Crippen molar-refractivity contribution in [1.29, 1.82) is 0 Å². The number of carboxylic acids is 2. The Labute approximate surface area is 251 Å². The number of aromatic nitrogens is 4. The van der Waals surface area contributed by atoms with Crippen molar-refractivity contribution in [2.24, 2.45) is 7.05 Å². The number of nitrogens with one attached hydrogen (secondary N) is 1. The van der Waals surface area contributed by atoms with Crippen molar-refractivity contribution in [3.8, 4) is 0 Å². The number of hydrogen-bond acceptors (Lipinski definition) is 4. The molecular weight excluding hydrogens is 540 g/mol. The van der Waals surface area contributed by atoms with Gasteiger partial charge >= 0.3 is 11.9 Å². The number of rotatable bonds is 8. The predicted octanol–water partition coefficient (Wildman–Crippen LogP) is 7.66. The first-order chi connectivity index (χ1) is 20.4. The van der Waals surface area contributed by atoms with Crippen LogP contribution >= 0.6 is 0 Å². The zero-order valence-electron chi connectivity index (χ0n) is 26.1. The van der Waals surface area contributed by atoms with Crippen LogP contribution in [0.15, 0.2) is 24.3 Å². The van der Waals surface area contributed by atoms with Gasteiger partial charge in [0.25, 0.3) is 0 Å². The summed E-state index contributed by atoms with van der Waals surface area (Å²) in [5, 5.41) is 19.1. The third-order valence-corrected chi connectivity index (χ3v) is 9.09. The summed E-state index contributed by atoms with van der Waals surface area (Å²) in [7, 11) is 2.00. The number of fused-ring (bicyclic) bond motifs is 8. The lowest BCUT2D eigenvalue weighted by molar-refractivity contribution is -0.137. The van der Waals surface area contributed by atoms with Gasteiger partial charge in [-0.25, -0.2) is 9.97 Å². The molecule has 0 spiro atoms. The van der Waals surface area contributed by atoms with Gasteiger partial charge in [-0.2, -0.15) is 0 Å². The Morgan fingerprint density at radius 3 is 1.91 bits per heavy atom. The Balaban J connectivity index is 1.97. The third-order valence-electron chi connectivity index (χ3n) is 9.09. The summed E-state index contributed by atoms with van der Waals surface area (Å²) >= 11 is 0. The van der Waals surface area contributed by atoms with Gasteiger partial charge in [0.05, 0.1) is 22.8 Å². The lowest BCUT2D eigenvalue weighted by Crippen LogP contribution is -1.98. The molecule has 0 fully saturated rings. The zero-order valence-corrected chi connectivity index (χ0v) is 26.1. The smallest absolute Gasteiger partial charge is 0.303 e. The first kappa shape index (κ1) is 30.0. The highest BCUT2D eigenvalue weighted by atomic mass is 16.4. The van der Waals surface area contributed by atoms with Crippen molar-refractivity contribution in [1.82, 2.24) is 19.5 Å². The molecule has 0 radical (unpaired) electrons. The minimum absolute atomic E-state index is 0.00817. The average molecular weight is 581 g/mol. The van der Waals surface area contributed by atoms with Gasteiger partial charge in [-0.3, -0.25) is 9.59 Å². The van der Waals surface area contributed by atoms with Crippen molar-refractivity contribution in [2.75, 3.05) is 0 Å². The lowest BCUT2D eigenvalue weighted by Gasteiger charge is -2.04. The van der Waals surface area contributed by atoms with E-state index in [4.69, 9.17) is 9.97 Å². The second-order valence-electron chi connectivity index (χ2n) is 11.5. The van der Waals surface area contributed by atoms with Crippen molar-refractivity contribution in [2.45, 2.75) is 80.1 Å². The minimum Gasteiger partial charge on any atom is -0.481 e. The highest BCUT2D eigenvalue weighted by molar-refractivity contribution is 5.96. The number of aromatic amines is 1. The van der Waals surface area contributed by atoms with Gasteiger partial charge < -0.3 is 19.8 Å². The molecule has 3 aromatic rings. The third kappa shape index (κ3) is 5.42. The van der Waals surface area contributed by atoms with E-state index in [2.05, 4.69) is 49.4 Å². The predicted molar refractivity (Wildman–Crippen MR) is 173 cm³/mol. The fourth-order valence-electron chi connectivity index (χ4n) is 6.57. The normalized spacial score (nSPS) is 13.3. The summed E-state index contributed by atoms with van der Waals surface area (Å²) in [6, 6.07) is 8.32. The van der Waals surface area contributed by atoms with Crippen molar-refractivity contribution in [3.05, 3.63) is 69.3 Å². The van der Waals surface area contributed by atoms with Crippen molar-refractivity contribution >= 4 is 56.3 Å². The number of nitrogens with zero attached hydrogens (tertiary/aromatic N) is 3. The largest absolute Gasteiger partial charge is 0.481 e. The molecule has 5 rings (SSSR count). The fraction of sp³-hybridized carbons (Fsp3) is 0.371. The molecule has 0 saturated heterocycles. The molecule has 3 aromatic heterocycles. The standard InChI is InChI=1S/C35H40N4O4/c1-8-22-18(3)26-14-27-20(5)24(10-12-34(40)41)31(38-27)17-33-25(11-13-35(42)43)21(6)32(39(33)7)16-30-23(9-2)19(4)28(37-30)15-29(22)36-26/h14-17,37H,8-13H2,1-7H3,(H,40,41)(H,42,43). The Morgan fingerprint density at radius 2 is 1.30 bits per heavy atom. The second-order valence-corrected chi connectivity index (χ2v) is 11.5. The molecule has 0 unspecified atom stereocenters.